The molecular weight excluding hydrogens is 1120 g/mol. The first-order chi connectivity index (χ1) is 43.4. The Labute approximate surface area is 555 Å². The van der Waals surface area contributed by atoms with Gasteiger partial charge in [0.1, 0.15) is 19.3 Å². The SMILES string of the molecule is CCCCCCCC/C=C/CCCCCCCCCCCCCCCCCC(=O)NC(COP(=O)(O)OCC[N+](C)(C)C)C(/C=C/CCCCCCCCCCC)OC(=O)CCCCCCCCCCCCCCCCCCCCCCCCCCCCC. The van der Waals surface area contributed by atoms with Crippen LogP contribution in [0.15, 0.2) is 24.3 Å². The molecule has 2 N–H and O–H groups in total. The van der Waals surface area contributed by atoms with Gasteiger partial charge >= 0.3 is 13.8 Å². The highest BCUT2D eigenvalue weighted by molar-refractivity contribution is 7.47. The highest BCUT2D eigenvalue weighted by atomic mass is 31.2. The van der Waals surface area contributed by atoms with E-state index in [0.29, 0.717) is 23.9 Å². The van der Waals surface area contributed by atoms with Crippen molar-refractivity contribution in [2.75, 3.05) is 40.9 Å². The van der Waals surface area contributed by atoms with Gasteiger partial charge in [-0.15, -0.1) is 0 Å². The molecule has 9 nitrogen and oxygen atoms in total. The van der Waals surface area contributed by atoms with Gasteiger partial charge in [0.2, 0.25) is 5.91 Å². The van der Waals surface area contributed by atoms with E-state index in [0.717, 1.165) is 57.8 Å². The molecule has 1 amide bonds. The van der Waals surface area contributed by atoms with E-state index in [1.807, 2.05) is 27.2 Å². The third-order valence-corrected chi connectivity index (χ3v) is 19.4. The van der Waals surface area contributed by atoms with Gasteiger partial charge in [-0.3, -0.25) is 18.6 Å². The fourth-order valence-electron chi connectivity index (χ4n) is 12.3. The van der Waals surface area contributed by atoms with Gasteiger partial charge in [0.25, 0.3) is 0 Å². The third-order valence-electron chi connectivity index (χ3n) is 18.4. The Kier molecular flexibility index (Phi) is 68.1. The number of ether oxygens (including phenoxy) is 1. The number of likely N-dealkylation sites (N-methyl/N-ethyl adjacent to an activating group) is 1. The molecule has 0 rings (SSSR count). The molecule has 0 aromatic heterocycles. The summed E-state index contributed by atoms with van der Waals surface area (Å²) in [5.41, 5.74) is 0. The van der Waals surface area contributed by atoms with E-state index in [9.17, 15) is 19.0 Å². The molecule has 0 heterocycles. The maximum atomic E-state index is 13.6. The number of rotatable bonds is 74. The van der Waals surface area contributed by atoms with E-state index >= 15 is 0 Å². The lowest BCUT2D eigenvalue weighted by Gasteiger charge is -2.27. The average Bonchev–Trinajstić information content (AvgIpc) is 3.62. The number of quaternary nitrogens is 1. The van der Waals surface area contributed by atoms with Crippen LogP contribution < -0.4 is 5.32 Å². The predicted octanol–water partition coefficient (Wildman–Crippen LogP) is 25.6. The van der Waals surface area contributed by atoms with Gasteiger partial charge in [0, 0.05) is 12.8 Å². The van der Waals surface area contributed by atoms with Crippen LogP contribution in [0.1, 0.15) is 419 Å². The van der Waals surface area contributed by atoms with E-state index in [1.165, 1.54) is 327 Å². The van der Waals surface area contributed by atoms with Crippen molar-refractivity contribution in [3.63, 3.8) is 0 Å². The minimum absolute atomic E-state index is 0.0448. The highest BCUT2D eigenvalue weighted by Gasteiger charge is 2.30. The lowest BCUT2D eigenvalue weighted by Crippen LogP contribution is -2.47. The molecule has 0 aliphatic carbocycles. The summed E-state index contributed by atoms with van der Waals surface area (Å²) in [6, 6.07) is -0.844. The summed E-state index contributed by atoms with van der Waals surface area (Å²) >= 11 is 0. The molecule has 528 valence electrons. The molecule has 3 unspecified atom stereocenters. The van der Waals surface area contributed by atoms with E-state index < -0.39 is 20.0 Å². The lowest BCUT2D eigenvalue weighted by atomic mass is 10.0. The van der Waals surface area contributed by atoms with Crippen LogP contribution in [0.3, 0.4) is 0 Å². The molecule has 89 heavy (non-hydrogen) atoms. The first-order valence-corrected chi connectivity index (χ1v) is 41.2. The van der Waals surface area contributed by atoms with E-state index in [2.05, 4.69) is 44.3 Å². The quantitative estimate of drug-likeness (QED) is 0.0205. The van der Waals surface area contributed by atoms with Crippen LogP contribution >= 0.6 is 7.82 Å². The number of amides is 1. The van der Waals surface area contributed by atoms with Crippen molar-refractivity contribution in [2.24, 2.45) is 0 Å². The minimum Gasteiger partial charge on any atom is -0.456 e. The van der Waals surface area contributed by atoms with E-state index in [4.69, 9.17) is 13.8 Å². The summed E-state index contributed by atoms with van der Waals surface area (Å²) in [5.74, 6) is -0.478. The monoisotopic (exact) mass is 1280 g/mol. The standard InChI is InChI=1S/C79H155N2O7P/c1-7-10-13-16-19-22-25-27-29-31-33-35-37-39-40-42-44-46-48-50-52-54-57-60-63-66-69-72-79(83)88-77(70-67-64-61-58-55-24-21-18-15-12-9-3)76(75-87-89(84,85)86-74-73-81(4,5)6)80-78(82)71-68-65-62-59-56-53-51-49-47-45-43-41-38-36-34-32-30-28-26-23-20-17-14-11-8-2/h28,30,67,70,76-77H,7-27,29,31-66,68-69,71-75H2,1-6H3,(H-,80,82,84,85)/p+1/b30-28+,70-67+. The Balaban J connectivity index is 4.84. The molecule has 0 aliphatic rings. The van der Waals surface area contributed by atoms with Gasteiger partial charge in [0.15, 0.2) is 0 Å². The van der Waals surface area contributed by atoms with Crippen LogP contribution in [-0.4, -0.2) is 74.3 Å². The number of allylic oxidation sites excluding steroid dienone is 3. The maximum absolute atomic E-state index is 13.6. The van der Waals surface area contributed by atoms with Crippen molar-refractivity contribution in [3.05, 3.63) is 24.3 Å². The fraction of sp³-hybridized carbons (Fsp3) is 0.924. The lowest BCUT2D eigenvalue weighted by molar-refractivity contribution is -0.870. The van der Waals surface area contributed by atoms with Gasteiger partial charge in [0.05, 0.1) is 33.8 Å². The van der Waals surface area contributed by atoms with Gasteiger partial charge < -0.3 is 19.4 Å². The summed E-state index contributed by atoms with van der Waals surface area (Å²) < 4.78 is 30.9. The largest absolute Gasteiger partial charge is 0.472 e. The summed E-state index contributed by atoms with van der Waals surface area (Å²) in [4.78, 5) is 38.0. The average molecular weight is 1280 g/mol. The second-order valence-electron chi connectivity index (χ2n) is 28.6. The number of unbranched alkanes of at least 4 members (excludes halogenated alkanes) is 56. The fourth-order valence-corrected chi connectivity index (χ4v) is 13.0. The Hall–Kier alpha value is -1.51. The molecule has 0 spiro atoms. The molecular formula is C79H156N2O7P+. The van der Waals surface area contributed by atoms with Crippen LogP contribution in [-0.2, 0) is 27.9 Å². The summed E-state index contributed by atoms with van der Waals surface area (Å²) in [7, 11) is 1.52. The van der Waals surface area contributed by atoms with Crippen molar-refractivity contribution in [1.29, 1.82) is 0 Å². The number of phosphoric acid groups is 1. The van der Waals surface area contributed by atoms with Crippen LogP contribution in [0, 0.1) is 0 Å². The molecule has 0 aromatic rings. The molecule has 0 saturated heterocycles. The van der Waals surface area contributed by atoms with Crippen LogP contribution in [0.5, 0.6) is 0 Å². The van der Waals surface area contributed by atoms with Crippen molar-refractivity contribution in [3.8, 4) is 0 Å². The summed E-state index contributed by atoms with van der Waals surface area (Å²) in [5, 5.41) is 3.09. The van der Waals surface area contributed by atoms with Crippen molar-refractivity contribution in [2.45, 2.75) is 431 Å². The van der Waals surface area contributed by atoms with Crippen LogP contribution in [0.4, 0.5) is 0 Å². The van der Waals surface area contributed by atoms with Gasteiger partial charge in [-0.05, 0) is 57.4 Å². The van der Waals surface area contributed by atoms with Gasteiger partial charge in [-0.1, -0.05) is 373 Å². The molecule has 3 atom stereocenters. The van der Waals surface area contributed by atoms with E-state index in [1.54, 1.807) is 0 Å². The number of hydrogen-bond donors (Lipinski definition) is 2. The zero-order valence-corrected chi connectivity index (χ0v) is 61.6. The van der Waals surface area contributed by atoms with Crippen LogP contribution in [0.25, 0.3) is 0 Å². The first kappa shape index (κ1) is 87.5. The molecule has 0 saturated carbocycles. The maximum Gasteiger partial charge on any atom is 0.472 e. The predicted molar refractivity (Wildman–Crippen MR) is 388 cm³/mol. The first-order valence-electron chi connectivity index (χ1n) is 39.7. The summed E-state index contributed by atoms with van der Waals surface area (Å²) in [6.45, 7) is 7.09. The number of hydrogen-bond acceptors (Lipinski definition) is 6. The minimum atomic E-state index is -4.45. The highest BCUT2D eigenvalue weighted by Crippen LogP contribution is 2.43. The Morgan fingerprint density at radius 1 is 0.382 bits per heavy atom. The Bertz CT molecular complexity index is 1570. The second-order valence-corrected chi connectivity index (χ2v) is 30.1. The zero-order valence-electron chi connectivity index (χ0n) is 60.7. The summed E-state index contributed by atoms with van der Waals surface area (Å²) in [6.07, 6.45) is 86.5. The van der Waals surface area contributed by atoms with Crippen molar-refractivity contribution < 1.29 is 37.3 Å². The van der Waals surface area contributed by atoms with E-state index in [-0.39, 0.29) is 25.1 Å². The normalized spacial score (nSPS) is 13.5. The molecule has 0 aliphatic heterocycles. The topological polar surface area (TPSA) is 111 Å². The second kappa shape index (κ2) is 69.3. The number of carbonyl (C=O) groups is 2. The molecule has 0 fully saturated rings. The molecule has 0 aromatic carbocycles. The zero-order chi connectivity index (χ0) is 64.9. The molecule has 0 bridgehead atoms. The van der Waals surface area contributed by atoms with Gasteiger partial charge in [-0.25, -0.2) is 4.57 Å². The Morgan fingerprint density at radius 2 is 0.652 bits per heavy atom. The number of nitrogens with one attached hydrogen (secondary N) is 1. The van der Waals surface area contributed by atoms with Crippen molar-refractivity contribution >= 4 is 19.7 Å². The smallest absolute Gasteiger partial charge is 0.456 e. The van der Waals surface area contributed by atoms with Gasteiger partial charge in [-0.2, -0.15) is 0 Å². The molecule has 0 radical (unpaired) electrons. The molecule has 10 heteroatoms. The number of carbonyl (C=O) groups excluding carboxylic acids is 2. The Morgan fingerprint density at radius 3 is 0.955 bits per heavy atom. The number of esters is 1. The number of phosphoric ester groups is 1. The van der Waals surface area contributed by atoms with Crippen LogP contribution in [0.2, 0.25) is 0 Å². The third kappa shape index (κ3) is 70.6. The number of nitrogens with zero attached hydrogens (tertiary/aromatic N) is 1. The van der Waals surface area contributed by atoms with Crippen molar-refractivity contribution in [1.82, 2.24) is 5.32 Å².